The predicted octanol–water partition coefficient (Wildman–Crippen LogP) is 17.0. The standard InChI is InChI=1S/C70H49N5O.Pt/c1-70(2,3)51-39-40-71-68(43-51)75-64-38-34-50(49-33-37-63-60(41-49)58-27-13-14-30-62(58)74(63)52-23-11-6-12-24-52)42-61(64)59-36-35-55(45-67(59)75)76-54-26-17-25-53(44-54)72-46-73(66-32-16-15-31-65(66)72)69-56(47-19-7-4-8-20-47)28-18-29-57(69)48-21-9-5-10-22-48;/h4-43H,1-3H3;/q-2;. The van der Waals surface area contributed by atoms with Gasteiger partial charge in [-0.05, 0) is 104 Å². The molecule has 10 aromatic carbocycles. The molecule has 0 bridgehead atoms. The molecule has 0 N–H and O–H groups in total. The quantitative estimate of drug-likeness (QED) is 0.107. The van der Waals surface area contributed by atoms with E-state index < -0.39 is 0 Å². The van der Waals surface area contributed by atoms with Gasteiger partial charge in [-0.2, -0.15) is 18.2 Å². The summed E-state index contributed by atoms with van der Waals surface area (Å²) in [5.74, 6) is 1.95. The number of nitrogens with zero attached hydrogens (tertiary/aromatic N) is 5. The van der Waals surface area contributed by atoms with Crippen LogP contribution in [0.3, 0.4) is 0 Å². The molecule has 0 aliphatic rings. The molecule has 0 saturated carbocycles. The van der Waals surface area contributed by atoms with Crippen LogP contribution in [0.4, 0.5) is 0 Å². The molecule has 0 atom stereocenters. The van der Waals surface area contributed by atoms with Crippen LogP contribution >= 0.6 is 0 Å². The van der Waals surface area contributed by atoms with Crippen molar-refractivity contribution in [1.82, 2.24) is 18.7 Å². The van der Waals surface area contributed by atoms with Gasteiger partial charge in [0.25, 0.3) is 6.33 Å². The largest absolute Gasteiger partial charge is 0.510 e. The van der Waals surface area contributed by atoms with E-state index in [4.69, 9.17) is 9.72 Å². The molecule has 6 nitrogen and oxygen atoms in total. The third kappa shape index (κ3) is 8.33. The monoisotopic (exact) mass is 1170 g/mol. The summed E-state index contributed by atoms with van der Waals surface area (Å²) in [4.78, 5) is 5.00. The first kappa shape index (κ1) is 47.6. The fourth-order valence-electron chi connectivity index (χ4n) is 11.1. The summed E-state index contributed by atoms with van der Waals surface area (Å²) in [7, 11) is 0. The second kappa shape index (κ2) is 19.2. The zero-order chi connectivity index (χ0) is 50.9. The summed E-state index contributed by atoms with van der Waals surface area (Å²) in [6, 6.07) is 90.9. The molecule has 0 fully saturated rings. The van der Waals surface area contributed by atoms with Crippen molar-refractivity contribution in [3.63, 3.8) is 0 Å². The van der Waals surface area contributed by atoms with Crippen LogP contribution in [0.5, 0.6) is 11.5 Å². The molecule has 0 aliphatic carbocycles. The summed E-state index contributed by atoms with van der Waals surface area (Å²) in [6.45, 7) is 6.71. The van der Waals surface area contributed by atoms with E-state index in [2.05, 4.69) is 276 Å². The van der Waals surface area contributed by atoms with Crippen molar-refractivity contribution in [2.45, 2.75) is 26.2 Å². The van der Waals surface area contributed by atoms with E-state index in [-0.39, 0.29) is 26.5 Å². The van der Waals surface area contributed by atoms with Gasteiger partial charge in [-0.15, -0.1) is 29.7 Å². The fraction of sp³-hybridized carbons (Fsp3) is 0.0571. The van der Waals surface area contributed by atoms with E-state index in [9.17, 15) is 0 Å². The molecule has 0 spiro atoms. The van der Waals surface area contributed by atoms with E-state index in [1.165, 1.54) is 27.4 Å². The number of hydrogen-bond donors (Lipinski definition) is 0. The number of aromatic nitrogens is 5. The van der Waals surface area contributed by atoms with Crippen molar-refractivity contribution in [1.29, 1.82) is 0 Å². The average Bonchev–Trinajstić information content (AvgIpc) is 4.22. The zero-order valence-electron chi connectivity index (χ0n) is 42.6. The number of rotatable bonds is 9. The number of ether oxygens (including phenoxy) is 1. The van der Waals surface area contributed by atoms with E-state index in [0.29, 0.717) is 11.5 Å². The first-order valence-corrected chi connectivity index (χ1v) is 25.8. The van der Waals surface area contributed by atoms with Crippen molar-refractivity contribution in [3.8, 4) is 67.8 Å². The summed E-state index contributed by atoms with van der Waals surface area (Å²) in [5.41, 5.74) is 17.1. The number of para-hydroxylation sites is 5. The number of pyridine rings is 1. The Kier molecular flexibility index (Phi) is 11.9. The molecule has 0 saturated heterocycles. The van der Waals surface area contributed by atoms with Gasteiger partial charge in [0.1, 0.15) is 5.82 Å². The van der Waals surface area contributed by atoms with Gasteiger partial charge in [-0.3, -0.25) is 4.57 Å². The second-order valence-corrected chi connectivity index (χ2v) is 20.4. The minimum Gasteiger partial charge on any atom is -0.510 e. The van der Waals surface area contributed by atoms with E-state index in [1.807, 2.05) is 24.4 Å². The molecule has 14 aromatic rings. The molecule has 77 heavy (non-hydrogen) atoms. The van der Waals surface area contributed by atoms with Gasteiger partial charge in [0.2, 0.25) is 0 Å². The molecule has 7 heteroatoms. The van der Waals surface area contributed by atoms with Gasteiger partial charge < -0.3 is 18.4 Å². The molecule has 4 aromatic heterocycles. The van der Waals surface area contributed by atoms with Crippen molar-refractivity contribution >= 4 is 54.6 Å². The predicted molar refractivity (Wildman–Crippen MR) is 309 cm³/mol. The molecule has 0 radical (unpaired) electrons. The molecule has 14 rings (SSSR count). The third-order valence-corrected chi connectivity index (χ3v) is 14.7. The number of fused-ring (bicyclic) bond motifs is 7. The van der Waals surface area contributed by atoms with Crippen LogP contribution in [0.25, 0.3) is 111 Å². The van der Waals surface area contributed by atoms with Crippen molar-refractivity contribution in [3.05, 3.63) is 267 Å². The Balaban J connectivity index is 0.00000566. The summed E-state index contributed by atoms with van der Waals surface area (Å²) in [5, 5.41) is 4.59. The van der Waals surface area contributed by atoms with Crippen molar-refractivity contribution in [2.75, 3.05) is 0 Å². The van der Waals surface area contributed by atoms with Crippen LogP contribution in [0.2, 0.25) is 0 Å². The Labute approximate surface area is 461 Å². The van der Waals surface area contributed by atoms with Crippen LogP contribution in [-0.4, -0.2) is 18.7 Å². The van der Waals surface area contributed by atoms with E-state index in [1.54, 1.807) is 0 Å². The molecule has 0 unspecified atom stereocenters. The summed E-state index contributed by atoms with van der Waals surface area (Å²) in [6.07, 6.45) is 5.70. The van der Waals surface area contributed by atoms with Gasteiger partial charge in [0, 0.05) is 60.7 Å². The molecule has 0 aliphatic heterocycles. The zero-order valence-corrected chi connectivity index (χ0v) is 44.8. The molecule has 372 valence electrons. The van der Waals surface area contributed by atoms with Gasteiger partial charge in [-0.1, -0.05) is 184 Å². The van der Waals surface area contributed by atoms with Crippen LogP contribution in [0.15, 0.2) is 243 Å². The van der Waals surface area contributed by atoms with Gasteiger partial charge in [0.15, 0.2) is 0 Å². The second-order valence-electron chi connectivity index (χ2n) is 20.4. The Morgan fingerprint density at radius 2 is 1.04 bits per heavy atom. The van der Waals surface area contributed by atoms with E-state index in [0.717, 1.165) is 89.1 Å². The van der Waals surface area contributed by atoms with Crippen LogP contribution in [-0.2, 0) is 26.5 Å². The first-order valence-electron chi connectivity index (χ1n) is 25.8. The van der Waals surface area contributed by atoms with Crippen molar-refractivity contribution in [2.24, 2.45) is 0 Å². The molecule has 0 amide bonds. The fourth-order valence-corrected chi connectivity index (χ4v) is 11.1. The Hall–Kier alpha value is -9.09. The maximum absolute atomic E-state index is 6.79. The Morgan fingerprint density at radius 3 is 1.74 bits per heavy atom. The minimum absolute atomic E-state index is 0. The molecular formula is C70H49N5OPt-2. The van der Waals surface area contributed by atoms with Gasteiger partial charge in [0.05, 0.1) is 27.8 Å². The third-order valence-electron chi connectivity index (χ3n) is 14.7. The molecule has 4 heterocycles. The average molecular weight is 1170 g/mol. The summed E-state index contributed by atoms with van der Waals surface area (Å²) < 4.78 is 15.6. The number of hydrogen-bond acceptors (Lipinski definition) is 2. The Bertz CT molecular complexity index is 4470. The first-order chi connectivity index (χ1) is 37.3. The van der Waals surface area contributed by atoms with Gasteiger partial charge >= 0.3 is 0 Å². The van der Waals surface area contributed by atoms with Crippen LogP contribution in [0, 0.1) is 18.5 Å². The van der Waals surface area contributed by atoms with Gasteiger partial charge in [-0.25, -0.2) is 4.98 Å². The van der Waals surface area contributed by atoms with Crippen molar-refractivity contribution < 1.29 is 30.4 Å². The molecular weight excluding hydrogens is 1120 g/mol. The van der Waals surface area contributed by atoms with Crippen LogP contribution in [0.1, 0.15) is 26.3 Å². The Morgan fingerprint density at radius 1 is 0.455 bits per heavy atom. The minimum atomic E-state index is -0.0814. The summed E-state index contributed by atoms with van der Waals surface area (Å²) >= 11 is 0. The topological polar surface area (TPSA) is 40.8 Å². The number of imidazole rings is 1. The normalized spacial score (nSPS) is 11.7. The number of benzene rings is 10. The smallest absolute Gasteiger partial charge is 0.268 e. The SMILES string of the molecule is CC(C)(C)c1ccnc(-n2c3[c-]c(Oc4[c-]c(-n5[c-][n+](-c6c(-c7ccccc7)cccc6-c6ccccc6)c6ccccc65)ccc4)ccc3c3cc(-c4ccc5c(c4)c4ccccc4n5-c4ccccc4)ccc32)c1.[Pt]. The van der Waals surface area contributed by atoms with E-state index >= 15 is 0 Å². The maximum Gasteiger partial charge on any atom is 0.268 e. The van der Waals surface area contributed by atoms with Crippen LogP contribution < -0.4 is 9.30 Å². The maximum atomic E-state index is 6.79.